The number of nitrogens with one attached hydrogen (secondary N) is 1. The number of ether oxygens (including phenoxy) is 3. The van der Waals surface area contributed by atoms with Crippen LogP contribution in [0.15, 0.2) is 36.7 Å². The minimum atomic E-state index is -0.492. The number of H-pyrrole nitrogens is 1. The summed E-state index contributed by atoms with van der Waals surface area (Å²) in [5, 5.41) is 6.81. The van der Waals surface area contributed by atoms with Crippen LogP contribution >= 0.6 is 11.6 Å². The number of carbonyl (C=O) groups is 1. The maximum Gasteiger partial charge on any atom is 0.341 e. The van der Waals surface area contributed by atoms with Gasteiger partial charge in [0.15, 0.2) is 0 Å². The average Bonchev–Trinajstić information content (AvgIpc) is 2.95. The summed E-state index contributed by atoms with van der Waals surface area (Å²) in [6.07, 6.45) is 2.79. The van der Waals surface area contributed by atoms with Crippen molar-refractivity contribution in [3.63, 3.8) is 0 Å². The van der Waals surface area contributed by atoms with Crippen molar-refractivity contribution >= 4 is 23.1 Å². The normalized spacial score (nSPS) is 11.1. The van der Waals surface area contributed by atoms with Gasteiger partial charge in [-0.3, -0.25) is 0 Å². The van der Waals surface area contributed by atoms with Crippen LogP contribution in [0.4, 0.5) is 0 Å². The van der Waals surface area contributed by atoms with Crippen LogP contribution in [0.2, 0.25) is 5.02 Å². The number of nitrogens with zero attached hydrogens (tertiary/aromatic N) is 1. The lowest BCUT2D eigenvalue weighted by molar-refractivity contribution is -0.133. The molecule has 0 aliphatic carbocycles. The van der Waals surface area contributed by atoms with Crippen molar-refractivity contribution in [3.05, 3.63) is 52.9 Å². The first kappa shape index (κ1) is 15.9. The van der Waals surface area contributed by atoms with Gasteiger partial charge in [0.2, 0.25) is 5.88 Å². The molecular formula is C15H15ClN2O4. The lowest BCUT2D eigenvalue weighted by atomic mass is 10.0. The van der Waals surface area contributed by atoms with E-state index in [-0.39, 0.29) is 6.61 Å². The van der Waals surface area contributed by atoms with Crippen LogP contribution in [0.1, 0.15) is 11.1 Å². The van der Waals surface area contributed by atoms with Crippen molar-refractivity contribution in [2.75, 3.05) is 14.2 Å². The maximum atomic E-state index is 11.9. The molecule has 22 heavy (non-hydrogen) atoms. The van der Waals surface area contributed by atoms with Gasteiger partial charge in [-0.05, 0) is 11.1 Å². The Kier molecular flexibility index (Phi) is 5.43. The van der Waals surface area contributed by atoms with Crippen molar-refractivity contribution in [2.45, 2.75) is 6.61 Å². The number of rotatable bonds is 6. The van der Waals surface area contributed by atoms with Gasteiger partial charge in [-0.2, -0.15) is 5.10 Å². The minimum Gasteiger partial charge on any atom is -0.503 e. The number of aromatic amines is 1. The smallest absolute Gasteiger partial charge is 0.341 e. The summed E-state index contributed by atoms with van der Waals surface area (Å²) in [6, 6.07) is 7.29. The Morgan fingerprint density at radius 1 is 1.36 bits per heavy atom. The van der Waals surface area contributed by atoms with Crippen LogP contribution in [0.5, 0.6) is 5.88 Å². The van der Waals surface area contributed by atoms with Crippen molar-refractivity contribution in [3.8, 4) is 5.88 Å². The van der Waals surface area contributed by atoms with E-state index < -0.39 is 5.97 Å². The number of hydrogen-bond donors (Lipinski definition) is 1. The van der Waals surface area contributed by atoms with E-state index in [2.05, 4.69) is 10.2 Å². The van der Waals surface area contributed by atoms with Crippen molar-refractivity contribution < 1.29 is 19.0 Å². The van der Waals surface area contributed by atoms with Gasteiger partial charge < -0.3 is 14.2 Å². The summed E-state index contributed by atoms with van der Waals surface area (Å²) in [6.45, 7) is 0.204. The third-order valence-electron chi connectivity index (χ3n) is 2.88. The van der Waals surface area contributed by atoms with Crippen LogP contribution in [-0.2, 0) is 20.9 Å². The number of esters is 1. The Balaban J connectivity index is 2.27. The molecule has 1 aromatic carbocycles. The number of aromatic nitrogens is 2. The number of methoxy groups -OCH3 is 2. The Labute approximate surface area is 132 Å². The topological polar surface area (TPSA) is 73.4 Å². The molecule has 0 radical (unpaired) electrons. The summed E-state index contributed by atoms with van der Waals surface area (Å²) in [5.74, 6) is -0.124. The number of carbonyl (C=O) groups excluding carboxylic acids is 1. The molecule has 0 atom stereocenters. The zero-order valence-electron chi connectivity index (χ0n) is 12.1. The molecule has 0 saturated heterocycles. The minimum absolute atomic E-state index is 0.204. The van der Waals surface area contributed by atoms with Crippen LogP contribution in [0.3, 0.4) is 0 Å². The highest BCUT2D eigenvalue weighted by Gasteiger charge is 2.17. The van der Waals surface area contributed by atoms with E-state index in [0.717, 1.165) is 5.56 Å². The third kappa shape index (κ3) is 3.59. The molecule has 6 nitrogen and oxygen atoms in total. The second-order valence-corrected chi connectivity index (χ2v) is 4.66. The van der Waals surface area contributed by atoms with E-state index >= 15 is 0 Å². The SMILES string of the molecule is COC=C(C(=O)OC)c1ccccc1COc1[nH]ncc1Cl. The molecule has 0 saturated carbocycles. The highest BCUT2D eigenvalue weighted by atomic mass is 35.5. The Morgan fingerprint density at radius 2 is 2.14 bits per heavy atom. The molecule has 0 fully saturated rings. The molecule has 1 heterocycles. The molecule has 1 N–H and O–H groups in total. The van der Waals surface area contributed by atoms with E-state index in [0.29, 0.717) is 22.0 Å². The Bertz CT molecular complexity index is 682. The molecular weight excluding hydrogens is 308 g/mol. The fraction of sp³-hybridized carbons (Fsp3) is 0.200. The fourth-order valence-corrected chi connectivity index (χ4v) is 2.01. The summed E-state index contributed by atoms with van der Waals surface area (Å²) in [5.41, 5.74) is 1.74. The van der Waals surface area contributed by atoms with Gasteiger partial charge in [0.25, 0.3) is 0 Å². The van der Waals surface area contributed by atoms with E-state index in [9.17, 15) is 4.79 Å². The molecule has 0 aliphatic rings. The standard InChI is InChI=1S/C15H15ClN2O4/c1-20-9-12(15(19)21-2)11-6-4-3-5-10(11)8-22-14-13(16)7-17-18-14/h3-7,9H,8H2,1-2H3,(H,17,18). The molecule has 7 heteroatoms. The van der Waals surface area contributed by atoms with Crippen LogP contribution in [-0.4, -0.2) is 30.4 Å². The first-order valence-electron chi connectivity index (χ1n) is 6.38. The molecule has 2 aromatic rings. The monoisotopic (exact) mass is 322 g/mol. The molecule has 0 aliphatic heterocycles. The van der Waals surface area contributed by atoms with E-state index in [1.165, 1.54) is 26.7 Å². The average molecular weight is 323 g/mol. The largest absolute Gasteiger partial charge is 0.503 e. The third-order valence-corrected chi connectivity index (χ3v) is 3.15. The molecule has 2 rings (SSSR count). The maximum absolute atomic E-state index is 11.9. The highest BCUT2D eigenvalue weighted by Crippen LogP contribution is 2.24. The van der Waals surface area contributed by atoms with Gasteiger partial charge in [-0.25, -0.2) is 9.89 Å². The second kappa shape index (κ2) is 7.51. The lowest BCUT2D eigenvalue weighted by Crippen LogP contribution is -2.08. The van der Waals surface area contributed by atoms with Crippen LogP contribution < -0.4 is 4.74 Å². The Morgan fingerprint density at radius 3 is 2.77 bits per heavy atom. The predicted octanol–water partition coefficient (Wildman–Crippen LogP) is 2.80. The van der Waals surface area contributed by atoms with Crippen molar-refractivity contribution in [2.24, 2.45) is 0 Å². The Hall–Kier alpha value is -2.47. The molecule has 116 valence electrons. The summed E-state index contributed by atoms with van der Waals surface area (Å²) < 4.78 is 15.3. The summed E-state index contributed by atoms with van der Waals surface area (Å²) in [4.78, 5) is 11.9. The van der Waals surface area contributed by atoms with Gasteiger partial charge in [0, 0.05) is 0 Å². The zero-order chi connectivity index (χ0) is 15.9. The molecule has 1 aromatic heterocycles. The number of hydrogen-bond acceptors (Lipinski definition) is 5. The summed E-state index contributed by atoms with van der Waals surface area (Å²) >= 11 is 5.91. The van der Waals surface area contributed by atoms with Gasteiger partial charge in [0.05, 0.1) is 26.7 Å². The fourth-order valence-electron chi connectivity index (χ4n) is 1.87. The van der Waals surface area contributed by atoms with E-state index in [1.807, 2.05) is 18.2 Å². The highest BCUT2D eigenvalue weighted by molar-refractivity contribution is 6.31. The summed E-state index contributed by atoms with van der Waals surface area (Å²) in [7, 11) is 2.78. The number of halogens is 1. The van der Waals surface area contributed by atoms with Gasteiger partial charge >= 0.3 is 5.97 Å². The number of benzene rings is 1. The first-order chi connectivity index (χ1) is 10.7. The van der Waals surface area contributed by atoms with Gasteiger partial charge in [-0.15, -0.1) is 0 Å². The first-order valence-corrected chi connectivity index (χ1v) is 6.76. The van der Waals surface area contributed by atoms with Crippen LogP contribution in [0, 0.1) is 0 Å². The van der Waals surface area contributed by atoms with Gasteiger partial charge in [-0.1, -0.05) is 35.9 Å². The molecule has 0 amide bonds. The predicted molar refractivity (Wildman–Crippen MR) is 81.4 cm³/mol. The van der Waals surface area contributed by atoms with Gasteiger partial charge in [0.1, 0.15) is 17.2 Å². The second-order valence-electron chi connectivity index (χ2n) is 4.25. The van der Waals surface area contributed by atoms with E-state index in [4.69, 9.17) is 25.8 Å². The van der Waals surface area contributed by atoms with E-state index in [1.54, 1.807) is 6.07 Å². The molecule has 0 bridgehead atoms. The van der Waals surface area contributed by atoms with Crippen LogP contribution in [0.25, 0.3) is 5.57 Å². The zero-order valence-corrected chi connectivity index (χ0v) is 12.9. The molecule has 0 unspecified atom stereocenters. The quantitative estimate of drug-likeness (QED) is 0.503. The lowest BCUT2D eigenvalue weighted by Gasteiger charge is -2.12. The van der Waals surface area contributed by atoms with Crippen molar-refractivity contribution in [1.29, 1.82) is 0 Å². The van der Waals surface area contributed by atoms with Crippen molar-refractivity contribution in [1.82, 2.24) is 10.2 Å². The molecule has 0 spiro atoms.